The number of amides is 1. The van der Waals surface area contributed by atoms with E-state index in [-0.39, 0.29) is 21.7 Å². The van der Waals surface area contributed by atoms with E-state index in [4.69, 9.17) is 12.2 Å². The molecule has 1 heterocycles. The van der Waals surface area contributed by atoms with E-state index in [2.05, 4.69) is 21.0 Å². The number of para-hydroxylation sites is 1. The van der Waals surface area contributed by atoms with Crippen molar-refractivity contribution >= 4 is 62.4 Å². The van der Waals surface area contributed by atoms with Gasteiger partial charge in [0.25, 0.3) is 5.91 Å². The van der Waals surface area contributed by atoms with Crippen LogP contribution in [0.15, 0.2) is 56.9 Å². The Morgan fingerprint density at radius 1 is 1.12 bits per heavy atom. The lowest BCUT2D eigenvalue weighted by atomic mass is 10.2. The molecule has 2 aromatic rings. The molecule has 1 amide bonds. The van der Waals surface area contributed by atoms with Crippen LogP contribution in [0.4, 0.5) is 0 Å². The van der Waals surface area contributed by atoms with Gasteiger partial charge in [-0.05, 0) is 42.6 Å². The van der Waals surface area contributed by atoms with E-state index in [0.29, 0.717) is 16.0 Å². The van der Waals surface area contributed by atoms with Gasteiger partial charge in [-0.15, -0.1) is 0 Å². The molecular weight excluding hydrogens is 424 g/mol. The van der Waals surface area contributed by atoms with Crippen molar-refractivity contribution in [2.45, 2.75) is 0 Å². The quantitative estimate of drug-likeness (QED) is 0.432. The molecule has 0 atom stereocenters. The van der Waals surface area contributed by atoms with Crippen LogP contribution in [0, 0.1) is 0 Å². The highest BCUT2D eigenvalue weighted by atomic mass is 79.9. The van der Waals surface area contributed by atoms with Crippen LogP contribution in [0.2, 0.25) is 0 Å². The number of hydrogen-bond donors (Lipinski definition) is 2. The second-order valence-electron chi connectivity index (χ2n) is 5.00. The van der Waals surface area contributed by atoms with E-state index >= 15 is 0 Å². The number of carbonyl (C=O) groups excluding carboxylic acids is 1. The zero-order valence-electron chi connectivity index (χ0n) is 12.6. The monoisotopic (exact) mass is 434 g/mol. The van der Waals surface area contributed by atoms with Gasteiger partial charge < -0.3 is 10.2 Å². The lowest BCUT2D eigenvalue weighted by molar-refractivity contribution is -0.122. The van der Waals surface area contributed by atoms with Gasteiger partial charge in [-0.25, -0.2) is 0 Å². The Balaban J connectivity index is 1.86. The molecule has 0 bridgehead atoms. The smallest absolute Gasteiger partial charge is 0.286 e. The Morgan fingerprint density at radius 2 is 1.84 bits per heavy atom. The maximum absolute atomic E-state index is 12.5. The van der Waals surface area contributed by atoms with Crippen molar-refractivity contribution in [1.29, 1.82) is 0 Å². The SMILES string of the molecule is O=C1C(=Cc2ccccc2O)SC(=S)N1N=Cc1cc(Br)ccc1O. The number of nitrogens with zero attached hydrogens (tertiary/aromatic N) is 2. The van der Waals surface area contributed by atoms with Crippen LogP contribution < -0.4 is 0 Å². The lowest BCUT2D eigenvalue weighted by Gasteiger charge is -2.07. The van der Waals surface area contributed by atoms with E-state index < -0.39 is 0 Å². The average molecular weight is 435 g/mol. The van der Waals surface area contributed by atoms with Gasteiger partial charge in [0.15, 0.2) is 4.32 Å². The van der Waals surface area contributed by atoms with Crippen molar-refractivity contribution in [3.05, 3.63) is 63.0 Å². The number of benzene rings is 2. The summed E-state index contributed by atoms with van der Waals surface area (Å²) >= 11 is 9.61. The molecule has 0 radical (unpaired) electrons. The molecular formula is C17H11BrN2O3S2. The number of phenolic OH excluding ortho intramolecular Hbond substituents is 2. The van der Waals surface area contributed by atoms with E-state index in [1.54, 1.807) is 42.5 Å². The zero-order chi connectivity index (χ0) is 18.0. The molecule has 2 N–H and O–H groups in total. The third-order valence-corrected chi connectivity index (χ3v) is 5.07. The second-order valence-corrected chi connectivity index (χ2v) is 7.59. The molecule has 126 valence electrons. The minimum atomic E-state index is -0.385. The number of hydrogen-bond acceptors (Lipinski definition) is 6. The molecule has 8 heteroatoms. The number of carbonyl (C=O) groups is 1. The van der Waals surface area contributed by atoms with E-state index in [1.807, 2.05) is 0 Å². The maximum Gasteiger partial charge on any atom is 0.286 e. The van der Waals surface area contributed by atoms with Crippen molar-refractivity contribution in [3.63, 3.8) is 0 Å². The maximum atomic E-state index is 12.5. The number of thiocarbonyl (C=S) groups is 1. The van der Waals surface area contributed by atoms with E-state index in [1.165, 1.54) is 12.3 Å². The molecule has 0 saturated carbocycles. The summed E-state index contributed by atoms with van der Waals surface area (Å²) in [5.41, 5.74) is 0.977. The van der Waals surface area contributed by atoms with Crippen LogP contribution in [-0.2, 0) is 4.79 Å². The molecule has 0 spiro atoms. The number of aromatic hydroxyl groups is 2. The second kappa shape index (κ2) is 7.38. The number of thioether (sulfide) groups is 1. The van der Waals surface area contributed by atoms with Crippen molar-refractivity contribution in [3.8, 4) is 11.5 Å². The summed E-state index contributed by atoms with van der Waals surface area (Å²) in [5, 5.41) is 24.8. The summed E-state index contributed by atoms with van der Waals surface area (Å²) in [6, 6.07) is 11.6. The summed E-state index contributed by atoms with van der Waals surface area (Å²) in [7, 11) is 0. The summed E-state index contributed by atoms with van der Waals surface area (Å²) < 4.78 is 1.05. The van der Waals surface area contributed by atoms with Crippen LogP contribution in [0.3, 0.4) is 0 Å². The first-order valence-corrected chi connectivity index (χ1v) is 9.06. The molecule has 5 nitrogen and oxygen atoms in total. The number of phenols is 2. The Kier molecular flexibility index (Phi) is 5.22. The molecule has 0 aliphatic carbocycles. The molecule has 1 saturated heterocycles. The molecule has 1 aliphatic rings. The fourth-order valence-electron chi connectivity index (χ4n) is 2.06. The fourth-order valence-corrected chi connectivity index (χ4v) is 3.60. The third-order valence-electron chi connectivity index (χ3n) is 3.30. The van der Waals surface area contributed by atoms with Gasteiger partial charge in [0.05, 0.1) is 11.1 Å². The topological polar surface area (TPSA) is 73.1 Å². The highest BCUT2D eigenvalue weighted by Gasteiger charge is 2.32. The van der Waals surface area contributed by atoms with Gasteiger partial charge >= 0.3 is 0 Å². The van der Waals surface area contributed by atoms with Gasteiger partial charge in [-0.2, -0.15) is 10.1 Å². The van der Waals surface area contributed by atoms with Crippen LogP contribution in [-0.4, -0.2) is 31.7 Å². The minimum absolute atomic E-state index is 0.0436. The Labute approximate surface area is 161 Å². The van der Waals surface area contributed by atoms with Crippen LogP contribution >= 0.6 is 39.9 Å². The standard InChI is InChI=1S/C17H11BrN2O3S2/c18-12-5-6-14(22)11(7-12)9-19-20-16(23)15(25-17(20)24)8-10-3-1-2-4-13(10)21/h1-9,21-22H. The molecule has 1 aliphatic heterocycles. The molecule has 3 rings (SSSR count). The molecule has 1 fully saturated rings. The third kappa shape index (κ3) is 3.92. The van der Waals surface area contributed by atoms with Crippen molar-refractivity contribution in [1.82, 2.24) is 5.01 Å². The Morgan fingerprint density at radius 3 is 2.60 bits per heavy atom. The lowest BCUT2D eigenvalue weighted by Crippen LogP contribution is -2.22. The van der Waals surface area contributed by atoms with Gasteiger partial charge in [-0.1, -0.05) is 45.9 Å². The number of halogens is 1. The van der Waals surface area contributed by atoms with Crippen LogP contribution in [0.25, 0.3) is 6.08 Å². The van der Waals surface area contributed by atoms with Crippen LogP contribution in [0.5, 0.6) is 11.5 Å². The van der Waals surface area contributed by atoms with Gasteiger partial charge in [0.2, 0.25) is 0 Å². The number of rotatable bonds is 3. The first-order chi connectivity index (χ1) is 12.0. The van der Waals surface area contributed by atoms with Crippen molar-refractivity contribution in [2.24, 2.45) is 5.10 Å². The largest absolute Gasteiger partial charge is 0.507 e. The van der Waals surface area contributed by atoms with Crippen molar-refractivity contribution < 1.29 is 15.0 Å². The first kappa shape index (κ1) is 17.7. The van der Waals surface area contributed by atoms with Crippen molar-refractivity contribution in [2.75, 3.05) is 0 Å². The van der Waals surface area contributed by atoms with E-state index in [0.717, 1.165) is 21.2 Å². The predicted molar refractivity (Wildman–Crippen MR) is 107 cm³/mol. The molecule has 2 aromatic carbocycles. The highest BCUT2D eigenvalue weighted by Crippen LogP contribution is 2.34. The molecule has 0 unspecified atom stereocenters. The normalized spacial score (nSPS) is 16.4. The molecule has 0 aromatic heterocycles. The fraction of sp³-hybridized carbons (Fsp3) is 0. The van der Waals surface area contributed by atoms with Gasteiger partial charge in [0, 0.05) is 15.6 Å². The Bertz CT molecular complexity index is 928. The minimum Gasteiger partial charge on any atom is -0.507 e. The average Bonchev–Trinajstić information content (AvgIpc) is 2.84. The Hall–Kier alpha value is -2.16. The summed E-state index contributed by atoms with van der Waals surface area (Å²) in [4.78, 5) is 12.8. The highest BCUT2D eigenvalue weighted by molar-refractivity contribution is 9.10. The summed E-state index contributed by atoms with van der Waals surface area (Å²) in [6.07, 6.45) is 2.94. The number of hydrazone groups is 1. The van der Waals surface area contributed by atoms with E-state index in [9.17, 15) is 15.0 Å². The first-order valence-electron chi connectivity index (χ1n) is 7.04. The van der Waals surface area contributed by atoms with Crippen LogP contribution in [0.1, 0.15) is 11.1 Å². The predicted octanol–water partition coefficient (Wildman–Crippen LogP) is 4.10. The molecule has 25 heavy (non-hydrogen) atoms. The van der Waals surface area contributed by atoms with Gasteiger partial charge in [-0.3, -0.25) is 4.79 Å². The summed E-state index contributed by atoms with van der Waals surface area (Å²) in [6.45, 7) is 0. The van der Waals surface area contributed by atoms with Gasteiger partial charge in [0.1, 0.15) is 11.5 Å². The zero-order valence-corrected chi connectivity index (χ0v) is 15.8. The summed E-state index contributed by atoms with van der Waals surface area (Å²) in [5.74, 6) is -0.263.